The van der Waals surface area contributed by atoms with E-state index in [9.17, 15) is 9.50 Å². The Morgan fingerprint density at radius 3 is 2.29 bits per heavy atom. The van der Waals surface area contributed by atoms with Gasteiger partial charge in [-0.05, 0) is 45.1 Å². The number of aliphatic hydroxyl groups is 1. The van der Waals surface area contributed by atoms with Gasteiger partial charge in [0.05, 0.1) is 11.8 Å². The van der Waals surface area contributed by atoms with E-state index in [0.717, 1.165) is 5.56 Å². The minimum Gasteiger partial charge on any atom is -0.387 e. The summed E-state index contributed by atoms with van der Waals surface area (Å²) >= 11 is 3.29. The first-order valence-corrected chi connectivity index (χ1v) is 7.74. The van der Waals surface area contributed by atoms with E-state index in [-0.39, 0.29) is 12.4 Å². The molecule has 0 radical (unpaired) electrons. The van der Waals surface area contributed by atoms with Crippen LogP contribution in [-0.4, -0.2) is 11.7 Å². The van der Waals surface area contributed by atoms with E-state index < -0.39 is 6.10 Å². The van der Waals surface area contributed by atoms with E-state index in [2.05, 4.69) is 35.1 Å². The fourth-order valence-electron chi connectivity index (χ4n) is 2.09. The van der Waals surface area contributed by atoms with Gasteiger partial charge in [-0.1, -0.05) is 44.2 Å². The van der Waals surface area contributed by atoms with Gasteiger partial charge in [-0.15, -0.1) is 0 Å². The molecule has 0 aromatic heterocycles. The summed E-state index contributed by atoms with van der Waals surface area (Å²) in [7, 11) is 0. The van der Waals surface area contributed by atoms with Crippen LogP contribution in [0.25, 0.3) is 0 Å². The third-order valence-corrected chi connectivity index (χ3v) is 4.08. The second-order valence-corrected chi connectivity index (χ2v) is 6.17. The van der Waals surface area contributed by atoms with Crippen molar-refractivity contribution in [3.8, 4) is 0 Å². The Balaban J connectivity index is 2.03. The lowest BCUT2D eigenvalue weighted by Crippen LogP contribution is -2.13. The summed E-state index contributed by atoms with van der Waals surface area (Å²) in [6.07, 6.45) is -0.683. The summed E-state index contributed by atoms with van der Waals surface area (Å²) in [6.45, 7) is 4.51. The van der Waals surface area contributed by atoms with Crippen LogP contribution in [0, 0.1) is 5.82 Å². The standard InChI is InChI=1S/C17H19BrFNO/c1-11(2)12-6-8-13(9-7-12)16(21)10-20-17-14(18)4-3-5-15(17)19/h3-9,11,16,20-21H,10H2,1-2H3. The largest absolute Gasteiger partial charge is 0.387 e. The number of rotatable bonds is 5. The van der Waals surface area contributed by atoms with Crippen molar-refractivity contribution in [2.45, 2.75) is 25.9 Å². The van der Waals surface area contributed by atoms with Crippen molar-refractivity contribution in [3.63, 3.8) is 0 Å². The Labute approximate surface area is 133 Å². The van der Waals surface area contributed by atoms with E-state index in [1.807, 2.05) is 24.3 Å². The number of anilines is 1. The predicted molar refractivity (Wildman–Crippen MR) is 88.1 cm³/mol. The van der Waals surface area contributed by atoms with Gasteiger partial charge in [0, 0.05) is 11.0 Å². The average Bonchev–Trinajstić information content (AvgIpc) is 2.46. The van der Waals surface area contributed by atoms with Crippen LogP contribution in [0.2, 0.25) is 0 Å². The third-order valence-electron chi connectivity index (χ3n) is 3.42. The lowest BCUT2D eigenvalue weighted by atomic mass is 10.00. The normalized spacial score (nSPS) is 12.5. The van der Waals surface area contributed by atoms with E-state index in [1.54, 1.807) is 12.1 Å². The number of para-hydroxylation sites is 1. The summed E-state index contributed by atoms with van der Waals surface area (Å²) in [5, 5.41) is 13.1. The first-order valence-electron chi connectivity index (χ1n) is 6.95. The number of halogens is 2. The molecule has 1 unspecified atom stereocenters. The first-order chi connectivity index (χ1) is 9.99. The van der Waals surface area contributed by atoms with Gasteiger partial charge >= 0.3 is 0 Å². The molecule has 2 N–H and O–H groups in total. The molecular weight excluding hydrogens is 333 g/mol. The van der Waals surface area contributed by atoms with Crippen molar-refractivity contribution in [3.05, 3.63) is 63.9 Å². The predicted octanol–water partition coefficient (Wildman–Crippen LogP) is 4.86. The zero-order valence-electron chi connectivity index (χ0n) is 12.1. The maximum absolute atomic E-state index is 13.7. The van der Waals surface area contributed by atoms with E-state index in [0.29, 0.717) is 16.1 Å². The molecule has 2 aromatic rings. The van der Waals surface area contributed by atoms with E-state index >= 15 is 0 Å². The summed E-state index contributed by atoms with van der Waals surface area (Å²) < 4.78 is 14.3. The highest BCUT2D eigenvalue weighted by molar-refractivity contribution is 9.10. The Bertz CT molecular complexity index is 578. The smallest absolute Gasteiger partial charge is 0.147 e. The summed E-state index contributed by atoms with van der Waals surface area (Å²) in [4.78, 5) is 0. The molecule has 0 saturated heterocycles. The molecule has 2 nitrogen and oxygen atoms in total. The van der Waals surface area contributed by atoms with Crippen LogP contribution in [-0.2, 0) is 0 Å². The van der Waals surface area contributed by atoms with Gasteiger partial charge in [0.15, 0.2) is 0 Å². The monoisotopic (exact) mass is 351 g/mol. The molecule has 21 heavy (non-hydrogen) atoms. The number of nitrogens with one attached hydrogen (secondary N) is 1. The highest BCUT2D eigenvalue weighted by Crippen LogP contribution is 2.26. The number of benzene rings is 2. The van der Waals surface area contributed by atoms with Crippen LogP contribution < -0.4 is 5.32 Å². The quantitative estimate of drug-likeness (QED) is 0.806. The minimum absolute atomic E-state index is 0.251. The van der Waals surface area contributed by atoms with Crippen molar-refractivity contribution >= 4 is 21.6 Å². The Morgan fingerprint density at radius 2 is 1.71 bits per heavy atom. The minimum atomic E-state index is -0.683. The molecule has 1 atom stereocenters. The molecule has 0 fully saturated rings. The molecular formula is C17H19BrFNO. The highest BCUT2D eigenvalue weighted by Gasteiger charge is 2.11. The zero-order valence-corrected chi connectivity index (χ0v) is 13.7. The van der Waals surface area contributed by atoms with Crippen LogP contribution in [0.3, 0.4) is 0 Å². The fourth-order valence-corrected chi connectivity index (χ4v) is 2.57. The van der Waals surface area contributed by atoms with Gasteiger partial charge < -0.3 is 10.4 Å². The zero-order chi connectivity index (χ0) is 15.4. The molecule has 0 heterocycles. The third kappa shape index (κ3) is 4.05. The second kappa shape index (κ2) is 7.05. The van der Waals surface area contributed by atoms with Crippen molar-refractivity contribution in [2.75, 3.05) is 11.9 Å². The van der Waals surface area contributed by atoms with E-state index in [4.69, 9.17) is 0 Å². The highest BCUT2D eigenvalue weighted by atomic mass is 79.9. The lowest BCUT2D eigenvalue weighted by Gasteiger charge is -2.15. The molecule has 0 spiro atoms. The summed E-state index contributed by atoms with van der Waals surface area (Å²) in [6, 6.07) is 12.6. The Hall–Kier alpha value is -1.39. The summed E-state index contributed by atoms with van der Waals surface area (Å²) in [5.41, 5.74) is 2.42. The number of hydrogen-bond donors (Lipinski definition) is 2. The topological polar surface area (TPSA) is 32.3 Å². The maximum atomic E-state index is 13.7. The van der Waals surface area contributed by atoms with Crippen LogP contribution >= 0.6 is 15.9 Å². The van der Waals surface area contributed by atoms with Crippen molar-refractivity contribution in [1.29, 1.82) is 0 Å². The molecule has 0 aliphatic heterocycles. The number of hydrogen-bond acceptors (Lipinski definition) is 2. The molecule has 0 bridgehead atoms. The number of aliphatic hydroxyl groups excluding tert-OH is 1. The molecule has 0 aliphatic carbocycles. The van der Waals surface area contributed by atoms with Gasteiger partial charge in [-0.3, -0.25) is 0 Å². The van der Waals surface area contributed by atoms with E-state index in [1.165, 1.54) is 11.6 Å². The summed E-state index contributed by atoms with van der Waals surface area (Å²) in [5.74, 6) is 0.121. The SMILES string of the molecule is CC(C)c1ccc(C(O)CNc2c(F)cccc2Br)cc1. The van der Waals surface area contributed by atoms with Gasteiger partial charge in [0.25, 0.3) is 0 Å². The van der Waals surface area contributed by atoms with Crippen LogP contribution in [0.1, 0.15) is 37.0 Å². The van der Waals surface area contributed by atoms with Crippen molar-refractivity contribution in [2.24, 2.45) is 0 Å². The van der Waals surface area contributed by atoms with Crippen LogP contribution in [0.4, 0.5) is 10.1 Å². The van der Waals surface area contributed by atoms with Gasteiger partial charge in [-0.25, -0.2) is 4.39 Å². The van der Waals surface area contributed by atoms with Gasteiger partial charge in [0.2, 0.25) is 0 Å². The molecule has 2 rings (SSSR count). The Kier molecular flexibility index (Phi) is 5.37. The molecule has 0 amide bonds. The van der Waals surface area contributed by atoms with Gasteiger partial charge in [0.1, 0.15) is 5.82 Å². The maximum Gasteiger partial charge on any atom is 0.147 e. The fraction of sp³-hybridized carbons (Fsp3) is 0.294. The van der Waals surface area contributed by atoms with Gasteiger partial charge in [-0.2, -0.15) is 0 Å². The molecule has 4 heteroatoms. The lowest BCUT2D eigenvalue weighted by molar-refractivity contribution is 0.191. The van der Waals surface area contributed by atoms with Crippen LogP contribution in [0.5, 0.6) is 0 Å². The Morgan fingerprint density at radius 1 is 1.10 bits per heavy atom. The average molecular weight is 352 g/mol. The molecule has 0 aliphatic rings. The second-order valence-electron chi connectivity index (χ2n) is 5.31. The van der Waals surface area contributed by atoms with Crippen molar-refractivity contribution in [1.82, 2.24) is 0 Å². The van der Waals surface area contributed by atoms with Crippen molar-refractivity contribution < 1.29 is 9.50 Å². The molecule has 2 aromatic carbocycles. The molecule has 112 valence electrons. The first kappa shape index (κ1) is 16.0. The van der Waals surface area contributed by atoms with Crippen LogP contribution in [0.15, 0.2) is 46.9 Å². The molecule has 0 saturated carbocycles.